The average molecular weight is 229 g/mol. The molecule has 1 fully saturated rings. The number of aryl methyl sites for hydroxylation is 2. The molecule has 2 rings (SSSR count). The van der Waals surface area contributed by atoms with Crippen LogP contribution in [0.25, 0.3) is 0 Å². The van der Waals surface area contributed by atoms with Crippen LogP contribution in [0, 0.1) is 6.92 Å². The van der Waals surface area contributed by atoms with Gasteiger partial charge in [0.25, 0.3) is 0 Å². The number of benzene rings is 1. The van der Waals surface area contributed by atoms with Crippen LogP contribution in [0.1, 0.15) is 36.8 Å². The lowest BCUT2D eigenvalue weighted by atomic mass is 10.0. The predicted octanol–water partition coefficient (Wildman–Crippen LogP) is 3.93. The molecule has 0 saturated carbocycles. The number of hydrogen-bond donors (Lipinski definition) is 0. The van der Waals surface area contributed by atoms with Gasteiger partial charge in [-0.15, -0.1) is 0 Å². The molecule has 1 saturated heterocycles. The minimum absolute atomic E-state index is 1.10. The van der Waals surface area contributed by atoms with E-state index in [4.69, 9.17) is 0 Å². The van der Waals surface area contributed by atoms with E-state index in [1.807, 2.05) is 0 Å². The maximum Gasteiger partial charge on any atom is 0.0174 e. The highest BCUT2D eigenvalue weighted by atomic mass is 15.1. The Morgan fingerprint density at radius 1 is 1.18 bits per heavy atom. The number of likely N-dealkylation sites (tertiary alicyclic amines) is 1. The van der Waals surface area contributed by atoms with Gasteiger partial charge in [-0.25, -0.2) is 0 Å². The summed E-state index contributed by atoms with van der Waals surface area (Å²) in [6.45, 7) is 8.87. The summed E-state index contributed by atoms with van der Waals surface area (Å²) < 4.78 is 0. The second kappa shape index (κ2) is 5.90. The molecule has 0 aromatic heterocycles. The molecule has 0 atom stereocenters. The van der Waals surface area contributed by atoms with Gasteiger partial charge >= 0.3 is 0 Å². The van der Waals surface area contributed by atoms with Crippen molar-refractivity contribution in [2.75, 3.05) is 13.1 Å². The zero-order chi connectivity index (χ0) is 12.1. The molecule has 1 aliphatic heterocycles. The van der Waals surface area contributed by atoms with Crippen molar-refractivity contribution >= 4 is 0 Å². The molecule has 1 aromatic rings. The zero-order valence-electron chi connectivity index (χ0n) is 10.9. The third-order valence-electron chi connectivity index (χ3n) is 3.75. The molecular formula is C16H23N. The molecule has 0 aliphatic carbocycles. The standard InChI is InChI=1S/C16H23N/c1-14-8-4-5-9-16(14)11-10-15(2)17-12-6-3-7-13-17/h4-5,8-9H,2-3,6-7,10-13H2,1H3. The molecule has 1 nitrogen and oxygen atoms in total. The van der Waals surface area contributed by atoms with Crippen LogP contribution in [0.4, 0.5) is 0 Å². The van der Waals surface area contributed by atoms with Gasteiger partial charge in [0.15, 0.2) is 0 Å². The van der Waals surface area contributed by atoms with Crippen LogP contribution in [0.3, 0.4) is 0 Å². The fourth-order valence-corrected chi connectivity index (χ4v) is 2.54. The molecule has 1 heteroatoms. The summed E-state index contributed by atoms with van der Waals surface area (Å²) in [5.74, 6) is 0. The maximum absolute atomic E-state index is 4.25. The number of rotatable bonds is 4. The van der Waals surface area contributed by atoms with Crippen LogP contribution >= 0.6 is 0 Å². The van der Waals surface area contributed by atoms with E-state index in [0.717, 1.165) is 12.8 Å². The van der Waals surface area contributed by atoms with E-state index < -0.39 is 0 Å². The second-order valence-corrected chi connectivity index (χ2v) is 5.04. The molecule has 0 bridgehead atoms. The van der Waals surface area contributed by atoms with E-state index in [1.54, 1.807) is 0 Å². The van der Waals surface area contributed by atoms with Gasteiger partial charge in [-0.2, -0.15) is 0 Å². The molecule has 1 aliphatic rings. The first kappa shape index (κ1) is 12.2. The number of piperidine rings is 1. The Kier molecular flexibility index (Phi) is 4.24. The molecule has 0 spiro atoms. The van der Waals surface area contributed by atoms with Crippen molar-refractivity contribution in [1.82, 2.24) is 4.90 Å². The Labute approximate surface area is 105 Å². The minimum Gasteiger partial charge on any atom is -0.375 e. The largest absolute Gasteiger partial charge is 0.375 e. The highest BCUT2D eigenvalue weighted by Gasteiger charge is 2.11. The first-order valence-corrected chi connectivity index (χ1v) is 6.74. The summed E-state index contributed by atoms with van der Waals surface area (Å²) in [5, 5.41) is 0. The second-order valence-electron chi connectivity index (χ2n) is 5.04. The van der Waals surface area contributed by atoms with Crippen molar-refractivity contribution in [2.24, 2.45) is 0 Å². The fourth-order valence-electron chi connectivity index (χ4n) is 2.54. The number of hydrogen-bond acceptors (Lipinski definition) is 1. The van der Waals surface area contributed by atoms with Gasteiger partial charge in [-0.05, 0) is 50.2 Å². The lowest BCUT2D eigenvalue weighted by Gasteiger charge is -2.30. The van der Waals surface area contributed by atoms with Crippen LogP contribution in [0.5, 0.6) is 0 Å². The third-order valence-corrected chi connectivity index (χ3v) is 3.75. The monoisotopic (exact) mass is 229 g/mol. The molecule has 0 radical (unpaired) electrons. The summed E-state index contributed by atoms with van der Waals surface area (Å²) in [7, 11) is 0. The number of nitrogens with zero attached hydrogens (tertiary/aromatic N) is 1. The van der Waals surface area contributed by atoms with E-state index in [9.17, 15) is 0 Å². The summed E-state index contributed by atoms with van der Waals surface area (Å²) in [5.41, 5.74) is 4.19. The van der Waals surface area contributed by atoms with Gasteiger partial charge < -0.3 is 4.90 Å². The molecule has 0 unspecified atom stereocenters. The molecule has 1 heterocycles. The van der Waals surface area contributed by atoms with E-state index in [0.29, 0.717) is 0 Å². The average Bonchev–Trinajstić information content (AvgIpc) is 2.38. The molecule has 1 aromatic carbocycles. The first-order chi connectivity index (χ1) is 8.27. The maximum atomic E-state index is 4.25. The van der Waals surface area contributed by atoms with Gasteiger partial charge in [0.05, 0.1) is 0 Å². The van der Waals surface area contributed by atoms with Gasteiger partial charge in [-0.3, -0.25) is 0 Å². The summed E-state index contributed by atoms with van der Waals surface area (Å²) in [6, 6.07) is 8.67. The number of allylic oxidation sites excluding steroid dienone is 1. The van der Waals surface area contributed by atoms with Crippen LogP contribution < -0.4 is 0 Å². The van der Waals surface area contributed by atoms with Crippen LogP contribution in [-0.2, 0) is 6.42 Å². The third kappa shape index (κ3) is 3.36. The lowest BCUT2D eigenvalue weighted by Crippen LogP contribution is -2.28. The van der Waals surface area contributed by atoms with E-state index in [-0.39, 0.29) is 0 Å². The lowest BCUT2D eigenvalue weighted by molar-refractivity contribution is 0.278. The molecule has 92 valence electrons. The highest BCUT2D eigenvalue weighted by molar-refractivity contribution is 5.26. The molecule has 0 amide bonds. The summed E-state index contributed by atoms with van der Waals surface area (Å²) in [6.07, 6.45) is 6.29. The van der Waals surface area contributed by atoms with Crippen LogP contribution in [-0.4, -0.2) is 18.0 Å². The zero-order valence-corrected chi connectivity index (χ0v) is 10.9. The predicted molar refractivity (Wildman–Crippen MR) is 74.1 cm³/mol. The smallest absolute Gasteiger partial charge is 0.0174 e. The Balaban J connectivity index is 1.85. The Morgan fingerprint density at radius 2 is 1.88 bits per heavy atom. The van der Waals surface area contributed by atoms with E-state index >= 15 is 0 Å². The van der Waals surface area contributed by atoms with E-state index in [1.165, 1.54) is 49.2 Å². The fraction of sp³-hybridized carbons (Fsp3) is 0.500. The van der Waals surface area contributed by atoms with Crippen molar-refractivity contribution in [1.29, 1.82) is 0 Å². The van der Waals surface area contributed by atoms with Crippen molar-refractivity contribution in [3.05, 3.63) is 47.7 Å². The molecule has 0 N–H and O–H groups in total. The minimum atomic E-state index is 1.10. The van der Waals surface area contributed by atoms with E-state index in [2.05, 4.69) is 42.7 Å². The SMILES string of the molecule is C=C(CCc1ccccc1C)N1CCCCC1. The topological polar surface area (TPSA) is 3.24 Å². The highest BCUT2D eigenvalue weighted by Crippen LogP contribution is 2.18. The van der Waals surface area contributed by atoms with Crippen molar-refractivity contribution in [3.63, 3.8) is 0 Å². The first-order valence-electron chi connectivity index (χ1n) is 6.74. The van der Waals surface area contributed by atoms with Crippen molar-refractivity contribution in [2.45, 2.75) is 39.0 Å². The Hall–Kier alpha value is -1.24. The quantitative estimate of drug-likeness (QED) is 0.756. The van der Waals surface area contributed by atoms with Gasteiger partial charge in [0, 0.05) is 18.8 Å². The van der Waals surface area contributed by atoms with Crippen molar-refractivity contribution < 1.29 is 0 Å². The Bertz CT molecular complexity index is 375. The molecule has 17 heavy (non-hydrogen) atoms. The van der Waals surface area contributed by atoms with Crippen LogP contribution in [0.15, 0.2) is 36.5 Å². The van der Waals surface area contributed by atoms with Crippen molar-refractivity contribution in [3.8, 4) is 0 Å². The Morgan fingerprint density at radius 3 is 2.59 bits per heavy atom. The van der Waals surface area contributed by atoms with Gasteiger partial charge in [0.1, 0.15) is 0 Å². The van der Waals surface area contributed by atoms with Crippen LogP contribution in [0.2, 0.25) is 0 Å². The van der Waals surface area contributed by atoms with Gasteiger partial charge in [-0.1, -0.05) is 30.8 Å². The van der Waals surface area contributed by atoms with Gasteiger partial charge in [0.2, 0.25) is 0 Å². The summed E-state index contributed by atoms with van der Waals surface area (Å²) >= 11 is 0. The summed E-state index contributed by atoms with van der Waals surface area (Å²) in [4.78, 5) is 2.47. The molecular weight excluding hydrogens is 206 g/mol. The normalized spacial score (nSPS) is 15.9.